The molecule has 5 nitrogen and oxygen atoms in total. The Morgan fingerprint density at radius 3 is 3.06 bits per heavy atom. The SMILES string of the molecule is N#CC(N)CC1Oc2ccccc2NC1=O. The van der Waals surface area contributed by atoms with Crippen molar-refractivity contribution >= 4 is 11.6 Å². The van der Waals surface area contributed by atoms with Gasteiger partial charge in [0.1, 0.15) is 5.75 Å². The monoisotopic (exact) mass is 217 g/mol. The van der Waals surface area contributed by atoms with E-state index in [1.807, 2.05) is 18.2 Å². The topological polar surface area (TPSA) is 88.1 Å². The van der Waals surface area contributed by atoms with Gasteiger partial charge in [-0.1, -0.05) is 12.1 Å². The third-order valence-electron chi connectivity index (χ3n) is 2.34. The molecule has 0 fully saturated rings. The predicted molar refractivity (Wildman–Crippen MR) is 57.7 cm³/mol. The Balaban J connectivity index is 2.16. The van der Waals surface area contributed by atoms with Crippen molar-refractivity contribution in [2.45, 2.75) is 18.6 Å². The maximum absolute atomic E-state index is 11.6. The highest BCUT2D eigenvalue weighted by Gasteiger charge is 2.28. The lowest BCUT2D eigenvalue weighted by Crippen LogP contribution is -2.40. The van der Waals surface area contributed by atoms with Gasteiger partial charge in [0.2, 0.25) is 0 Å². The van der Waals surface area contributed by atoms with Crippen LogP contribution in [0.4, 0.5) is 5.69 Å². The number of fused-ring (bicyclic) bond motifs is 1. The lowest BCUT2D eigenvalue weighted by molar-refractivity contribution is -0.123. The van der Waals surface area contributed by atoms with Crippen LogP contribution in [0.25, 0.3) is 0 Å². The molecule has 1 aromatic rings. The van der Waals surface area contributed by atoms with Crippen molar-refractivity contribution in [2.24, 2.45) is 5.73 Å². The minimum absolute atomic E-state index is 0.191. The second kappa shape index (κ2) is 4.21. The molecule has 5 heteroatoms. The van der Waals surface area contributed by atoms with E-state index in [-0.39, 0.29) is 12.3 Å². The summed E-state index contributed by atoms with van der Waals surface area (Å²) in [6.07, 6.45) is -0.499. The number of amides is 1. The molecule has 1 aliphatic heterocycles. The number of hydrogen-bond donors (Lipinski definition) is 2. The Morgan fingerprint density at radius 2 is 2.31 bits per heavy atom. The summed E-state index contributed by atoms with van der Waals surface area (Å²) in [5.41, 5.74) is 6.11. The van der Waals surface area contributed by atoms with E-state index in [0.717, 1.165) is 0 Å². The number of rotatable bonds is 2. The molecule has 3 N–H and O–H groups in total. The summed E-state index contributed by atoms with van der Waals surface area (Å²) in [7, 11) is 0. The van der Waals surface area contributed by atoms with Crippen molar-refractivity contribution in [1.29, 1.82) is 5.26 Å². The van der Waals surface area contributed by atoms with Crippen molar-refractivity contribution in [3.8, 4) is 11.8 Å². The number of hydrogen-bond acceptors (Lipinski definition) is 4. The molecule has 1 aliphatic rings. The minimum atomic E-state index is -0.694. The molecule has 0 saturated heterocycles. The fraction of sp³-hybridized carbons (Fsp3) is 0.273. The first-order chi connectivity index (χ1) is 7.70. The fourth-order valence-corrected chi connectivity index (χ4v) is 1.53. The summed E-state index contributed by atoms with van der Waals surface area (Å²) < 4.78 is 5.47. The highest BCUT2D eigenvalue weighted by atomic mass is 16.5. The van der Waals surface area contributed by atoms with Crippen LogP contribution >= 0.6 is 0 Å². The fourth-order valence-electron chi connectivity index (χ4n) is 1.53. The molecule has 1 heterocycles. The van der Waals surface area contributed by atoms with E-state index < -0.39 is 12.1 Å². The summed E-state index contributed by atoms with van der Waals surface area (Å²) in [6, 6.07) is 8.33. The molecule has 1 amide bonds. The van der Waals surface area contributed by atoms with Gasteiger partial charge in [-0.05, 0) is 12.1 Å². The van der Waals surface area contributed by atoms with E-state index >= 15 is 0 Å². The normalized spacial score (nSPS) is 20.0. The van der Waals surface area contributed by atoms with E-state index in [2.05, 4.69) is 5.32 Å². The Kier molecular flexibility index (Phi) is 2.75. The summed E-state index contributed by atoms with van der Waals surface area (Å²) in [5, 5.41) is 11.3. The van der Waals surface area contributed by atoms with Gasteiger partial charge in [-0.15, -0.1) is 0 Å². The van der Waals surface area contributed by atoms with Gasteiger partial charge in [-0.25, -0.2) is 0 Å². The Morgan fingerprint density at radius 1 is 1.56 bits per heavy atom. The van der Waals surface area contributed by atoms with Gasteiger partial charge in [-0.2, -0.15) is 5.26 Å². The van der Waals surface area contributed by atoms with Gasteiger partial charge < -0.3 is 15.8 Å². The van der Waals surface area contributed by atoms with Crippen LogP contribution in [0.2, 0.25) is 0 Å². The molecule has 0 aromatic heterocycles. The van der Waals surface area contributed by atoms with Crippen molar-refractivity contribution in [3.05, 3.63) is 24.3 Å². The first-order valence-corrected chi connectivity index (χ1v) is 4.92. The number of nitrogens with zero attached hydrogens (tertiary/aromatic N) is 1. The first kappa shape index (κ1) is 10.5. The first-order valence-electron chi connectivity index (χ1n) is 4.92. The Labute approximate surface area is 92.8 Å². The van der Waals surface area contributed by atoms with Crippen LogP contribution < -0.4 is 15.8 Å². The highest BCUT2D eigenvalue weighted by Crippen LogP contribution is 2.29. The number of carbonyl (C=O) groups excluding carboxylic acids is 1. The maximum atomic E-state index is 11.6. The standard InChI is InChI=1S/C11H11N3O2/c12-6-7(13)5-10-11(15)14-8-3-1-2-4-9(8)16-10/h1-4,7,10H,5,13H2,(H,14,15). The molecule has 82 valence electrons. The summed E-state index contributed by atoms with van der Waals surface area (Å²) in [6.45, 7) is 0. The number of carbonyl (C=O) groups is 1. The molecular weight excluding hydrogens is 206 g/mol. The van der Waals surface area contributed by atoms with Gasteiger partial charge in [0, 0.05) is 6.42 Å². The van der Waals surface area contributed by atoms with Crippen molar-refractivity contribution < 1.29 is 9.53 Å². The molecule has 0 radical (unpaired) electrons. The third-order valence-corrected chi connectivity index (χ3v) is 2.34. The zero-order valence-electron chi connectivity index (χ0n) is 8.51. The Hall–Kier alpha value is -2.06. The number of anilines is 1. The average Bonchev–Trinajstić information content (AvgIpc) is 2.30. The summed E-state index contributed by atoms with van der Waals surface area (Å²) in [4.78, 5) is 11.6. The molecule has 1 aromatic carbocycles. The van der Waals surface area contributed by atoms with Crippen LogP contribution in [0.5, 0.6) is 5.75 Å². The molecule has 2 atom stereocenters. The van der Waals surface area contributed by atoms with Crippen LogP contribution in [-0.4, -0.2) is 18.1 Å². The molecule has 0 spiro atoms. The maximum Gasteiger partial charge on any atom is 0.265 e. The number of para-hydroxylation sites is 2. The quantitative estimate of drug-likeness (QED) is 0.760. The minimum Gasteiger partial charge on any atom is -0.478 e. The zero-order valence-corrected chi connectivity index (χ0v) is 8.51. The van der Waals surface area contributed by atoms with Crippen molar-refractivity contribution in [3.63, 3.8) is 0 Å². The second-order valence-electron chi connectivity index (χ2n) is 3.56. The van der Waals surface area contributed by atoms with Gasteiger partial charge in [0.25, 0.3) is 5.91 Å². The number of nitrogens with two attached hydrogens (primary N) is 1. The zero-order chi connectivity index (χ0) is 11.5. The molecular formula is C11H11N3O2. The molecule has 0 aliphatic carbocycles. The predicted octanol–water partition coefficient (Wildman–Crippen LogP) is 0.627. The molecule has 0 saturated carbocycles. The van der Waals surface area contributed by atoms with E-state index in [9.17, 15) is 4.79 Å². The van der Waals surface area contributed by atoms with Crippen LogP contribution in [0.1, 0.15) is 6.42 Å². The molecule has 2 rings (SSSR count). The lowest BCUT2D eigenvalue weighted by atomic mass is 10.1. The number of nitriles is 1. The second-order valence-corrected chi connectivity index (χ2v) is 3.56. The number of nitrogens with one attached hydrogen (secondary N) is 1. The smallest absolute Gasteiger partial charge is 0.265 e. The molecule has 16 heavy (non-hydrogen) atoms. The molecule has 0 bridgehead atoms. The largest absolute Gasteiger partial charge is 0.478 e. The van der Waals surface area contributed by atoms with Crippen molar-refractivity contribution in [1.82, 2.24) is 0 Å². The van der Waals surface area contributed by atoms with Gasteiger partial charge in [-0.3, -0.25) is 4.79 Å². The summed E-state index contributed by atoms with van der Waals surface area (Å²) in [5.74, 6) is 0.349. The average molecular weight is 217 g/mol. The van der Waals surface area contributed by atoms with Gasteiger partial charge in [0.05, 0.1) is 17.8 Å². The number of ether oxygens (including phenoxy) is 1. The van der Waals surface area contributed by atoms with Crippen LogP contribution in [0, 0.1) is 11.3 Å². The van der Waals surface area contributed by atoms with Crippen LogP contribution in [-0.2, 0) is 4.79 Å². The van der Waals surface area contributed by atoms with Crippen molar-refractivity contribution in [2.75, 3.05) is 5.32 Å². The third kappa shape index (κ3) is 1.97. The number of benzene rings is 1. The van der Waals surface area contributed by atoms with E-state index in [1.165, 1.54) is 0 Å². The summed E-state index contributed by atoms with van der Waals surface area (Å²) >= 11 is 0. The van der Waals surface area contributed by atoms with Crippen LogP contribution in [0.15, 0.2) is 24.3 Å². The molecule has 2 unspecified atom stereocenters. The van der Waals surface area contributed by atoms with E-state index in [1.54, 1.807) is 12.1 Å². The highest BCUT2D eigenvalue weighted by molar-refractivity contribution is 5.97. The van der Waals surface area contributed by atoms with E-state index in [4.69, 9.17) is 15.7 Å². The van der Waals surface area contributed by atoms with Gasteiger partial charge in [0.15, 0.2) is 6.10 Å². The van der Waals surface area contributed by atoms with Crippen LogP contribution in [0.3, 0.4) is 0 Å². The van der Waals surface area contributed by atoms with Gasteiger partial charge >= 0.3 is 0 Å². The lowest BCUT2D eigenvalue weighted by Gasteiger charge is -2.26. The Bertz CT molecular complexity index is 453. The van der Waals surface area contributed by atoms with E-state index in [0.29, 0.717) is 11.4 Å².